The number of piperidine rings is 1. The summed E-state index contributed by atoms with van der Waals surface area (Å²) in [5, 5.41) is 3.57. The molecule has 2 aliphatic heterocycles. The van der Waals surface area contributed by atoms with Gasteiger partial charge in [0.05, 0.1) is 30.5 Å². The van der Waals surface area contributed by atoms with Crippen molar-refractivity contribution in [3.05, 3.63) is 47.0 Å². The van der Waals surface area contributed by atoms with Gasteiger partial charge < -0.3 is 24.4 Å². The SMILES string of the molecule is [C-]#[N+]c1ccc(Nc2cc(OC3C4COCC3CN(C(=O)OC3(C)CC3)C4)ncn2)c(Cl)c1. The third-order valence-electron chi connectivity index (χ3n) is 6.29. The molecule has 2 atom stereocenters. The lowest BCUT2D eigenvalue weighted by atomic mass is 9.84. The molecule has 2 aromatic rings. The normalized spacial score (nSPS) is 25.0. The van der Waals surface area contributed by atoms with E-state index in [-0.39, 0.29) is 29.6 Å². The first-order valence-electron chi connectivity index (χ1n) is 10.9. The number of fused-ring (bicyclic) bond motifs is 2. The van der Waals surface area contributed by atoms with E-state index < -0.39 is 0 Å². The number of amides is 1. The van der Waals surface area contributed by atoms with E-state index in [0.29, 0.717) is 54.4 Å². The van der Waals surface area contributed by atoms with E-state index in [9.17, 15) is 4.79 Å². The van der Waals surface area contributed by atoms with Crippen LogP contribution in [0.25, 0.3) is 4.85 Å². The maximum absolute atomic E-state index is 12.6. The van der Waals surface area contributed by atoms with Gasteiger partial charge >= 0.3 is 6.09 Å². The van der Waals surface area contributed by atoms with Crippen molar-refractivity contribution in [2.45, 2.75) is 31.5 Å². The van der Waals surface area contributed by atoms with Crippen LogP contribution in [0.3, 0.4) is 0 Å². The number of likely N-dealkylation sites (tertiary alicyclic amines) is 1. The highest BCUT2D eigenvalue weighted by molar-refractivity contribution is 6.33. The number of hydrogen-bond acceptors (Lipinski definition) is 7. The van der Waals surface area contributed by atoms with Crippen LogP contribution in [0.1, 0.15) is 19.8 Å². The summed E-state index contributed by atoms with van der Waals surface area (Å²) in [7, 11) is 0. The van der Waals surface area contributed by atoms with Crippen LogP contribution < -0.4 is 10.1 Å². The van der Waals surface area contributed by atoms with Gasteiger partial charge in [-0.25, -0.2) is 19.6 Å². The molecule has 1 aliphatic carbocycles. The molecule has 0 radical (unpaired) electrons. The molecular weight excluding hydrogens is 446 g/mol. The fraction of sp³-hybridized carbons (Fsp3) is 0.478. The van der Waals surface area contributed by atoms with Gasteiger partial charge in [-0.15, -0.1) is 0 Å². The predicted octanol–water partition coefficient (Wildman–Crippen LogP) is 4.44. The number of carbonyl (C=O) groups excluding carboxylic acids is 1. The van der Waals surface area contributed by atoms with Gasteiger partial charge in [0.15, 0.2) is 5.69 Å². The molecule has 1 N–H and O–H groups in total. The molecular formula is C23H24ClN5O4. The number of nitrogens with one attached hydrogen (secondary N) is 1. The van der Waals surface area contributed by atoms with E-state index in [1.165, 1.54) is 6.33 Å². The molecule has 0 spiro atoms. The third kappa shape index (κ3) is 4.82. The highest BCUT2D eigenvalue weighted by Gasteiger charge is 2.47. The molecule has 33 heavy (non-hydrogen) atoms. The molecule has 172 valence electrons. The number of hydrogen-bond donors (Lipinski definition) is 1. The molecule has 2 bridgehead atoms. The number of aromatic nitrogens is 2. The Labute approximate surface area is 196 Å². The number of halogens is 1. The zero-order chi connectivity index (χ0) is 23.0. The molecule has 1 aromatic carbocycles. The number of ether oxygens (including phenoxy) is 3. The number of benzene rings is 1. The van der Waals surface area contributed by atoms with Crippen molar-refractivity contribution in [3.63, 3.8) is 0 Å². The van der Waals surface area contributed by atoms with Crippen LogP contribution >= 0.6 is 11.6 Å². The Bertz CT molecular complexity index is 1090. The second-order valence-corrected chi connectivity index (χ2v) is 9.41. The van der Waals surface area contributed by atoms with E-state index in [1.807, 2.05) is 6.92 Å². The minimum absolute atomic E-state index is 0.0269. The largest absolute Gasteiger partial charge is 0.473 e. The number of nitrogens with zero attached hydrogens (tertiary/aromatic N) is 4. The lowest BCUT2D eigenvalue weighted by Crippen LogP contribution is -2.59. The monoisotopic (exact) mass is 469 g/mol. The van der Waals surface area contributed by atoms with E-state index in [4.69, 9.17) is 32.4 Å². The summed E-state index contributed by atoms with van der Waals surface area (Å²) in [5.41, 5.74) is 0.808. The zero-order valence-electron chi connectivity index (χ0n) is 18.2. The van der Waals surface area contributed by atoms with Crippen molar-refractivity contribution < 1.29 is 19.0 Å². The van der Waals surface area contributed by atoms with Gasteiger partial charge in [0, 0.05) is 31.0 Å². The minimum atomic E-state index is -0.292. The molecule has 3 fully saturated rings. The molecule has 2 unspecified atom stereocenters. The Balaban J connectivity index is 1.26. The van der Waals surface area contributed by atoms with Crippen molar-refractivity contribution in [1.29, 1.82) is 0 Å². The van der Waals surface area contributed by atoms with Crippen LogP contribution in [0.5, 0.6) is 5.88 Å². The lowest BCUT2D eigenvalue weighted by molar-refractivity contribution is -0.111. The summed E-state index contributed by atoms with van der Waals surface area (Å²) in [4.78, 5) is 26.3. The van der Waals surface area contributed by atoms with E-state index >= 15 is 0 Å². The smallest absolute Gasteiger partial charge is 0.410 e. The fourth-order valence-corrected chi connectivity index (χ4v) is 4.44. The number of anilines is 2. The average molecular weight is 470 g/mol. The number of rotatable bonds is 5. The topological polar surface area (TPSA) is 90.2 Å². The van der Waals surface area contributed by atoms with Crippen molar-refractivity contribution >= 4 is 34.9 Å². The summed E-state index contributed by atoms with van der Waals surface area (Å²) in [6.45, 7) is 11.1. The highest BCUT2D eigenvalue weighted by atomic mass is 35.5. The van der Waals surface area contributed by atoms with Gasteiger partial charge in [0.25, 0.3) is 0 Å². The van der Waals surface area contributed by atoms with Crippen LogP contribution in [-0.4, -0.2) is 59.0 Å². The van der Waals surface area contributed by atoms with Crippen molar-refractivity contribution in [3.8, 4) is 5.88 Å². The first-order valence-corrected chi connectivity index (χ1v) is 11.3. The van der Waals surface area contributed by atoms with E-state index in [2.05, 4.69) is 20.1 Å². The van der Waals surface area contributed by atoms with Crippen LogP contribution in [0.15, 0.2) is 30.6 Å². The summed E-state index contributed by atoms with van der Waals surface area (Å²) in [6.07, 6.45) is 2.90. The predicted molar refractivity (Wildman–Crippen MR) is 121 cm³/mol. The molecule has 1 aromatic heterocycles. The van der Waals surface area contributed by atoms with Crippen molar-refractivity contribution in [1.82, 2.24) is 14.9 Å². The maximum atomic E-state index is 12.6. The van der Waals surface area contributed by atoms with E-state index in [1.54, 1.807) is 29.2 Å². The molecule has 2 saturated heterocycles. The second kappa shape index (κ2) is 8.69. The number of carbonyl (C=O) groups is 1. The van der Waals surface area contributed by atoms with E-state index in [0.717, 1.165) is 12.8 Å². The lowest BCUT2D eigenvalue weighted by Gasteiger charge is -2.46. The molecule has 9 nitrogen and oxygen atoms in total. The molecule has 1 amide bonds. The van der Waals surface area contributed by atoms with Gasteiger partial charge in [-0.3, -0.25) is 0 Å². The van der Waals surface area contributed by atoms with Gasteiger partial charge in [0.1, 0.15) is 23.9 Å². The van der Waals surface area contributed by atoms with Crippen LogP contribution in [0.4, 0.5) is 22.0 Å². The Morgan fingerprint density at radius 3 is 2.70 bits per heavy atom. The fourth-order valence-electron chi connectivity index (χ4n) is 4.22. The Morgan fingerprint density at radius 1 is 1.27 bits per heavy atom. The third-order valence-corrected chi connectivity index (χ3v) is 6.60. The Morgan fingerprint density at radius 2 is 2.03 bits per heavy atom. The van der Waals surface area contributed by atoms with Crippen LogP contribution in [0, 0.1) is 18.4 Å². The van der Waals surface area contributed by atoms with Gasteiger partial charge in [-0.05, 0) is 31.9 Å². The molecule has 3 heterocycles. The van der Waals surface area contributed by atoms with Crippen molar-refractivity contribution in [2.24, 2.45) is 11.8 Å². The first kappa shape index (κ1) is 21.7. The van der Waals surface area contributed by atoms with Gasteiger partial charge in [-0.2, -0.15) is 0 Å². The zero-order valence-corrected chi connectivity index (χ0v) is 18.9. The van der Waals surface area contributed by atoms with Crippen LogP contribution in [0.2, 0.25) is 5.02 Å². The van der Waals surface area contributed by atoms with Crippen molar-refractivity contribution in [2.75, 3.05) is 31.6 Å². The summed E-state index contributed by atoms with van der Waals surface area (Å²) in [5.74, 6) is 1.01. The standard InChI is InChI=1S/C23H24ClN5O4/c1-23(5-6-23)33-22(30)29-9-14-11-31-12-15(10-29)21(14)32-20-8-19(26-13-27-20)28-18-4-3-16(25-2)7-17(18)24/h3-4,7-8,13-15,21H,5-6,9-12H2,1H3,(H,26,27,28). The minimum Gasteiger partial charge on any atom is -0.473 e. The second-order valence-electron chi connectivity index (χ2n) is 9.01. The molecule has 3 aliphatic rings. The van der Waals surface area contributed by atoms with Crippen LogP contribution in [-0.2, 0) is 9.47 Å². The quantitative estimate of drug-likeness (QED) is 0.647. The van der Waals surface area contributed by atoms with Gasteiger partial charge in [0.2, 0.25) is 5.88 Å². The molecule has 10 heteroatoms. The first-order chi connectivity index (χ1) is 15.9. The maximum Gasteiger partial charge on any atom is 0.410 e. The summed E-state index contributed by atoms with van der Waals surface area (Å²) < 4.78 is 17.7. The summed E-state index contributed by atoms with van der Waals surface area (Å²) in [6, 6.07) is 6.73. The Hall–Kier alpha value is -3.09. The Kier molecular flexibility index (Phi) is 5.72. The highest BCUT2D eigenvalue weighted by Crippen LogP contribution is 2.40. The molecule has 1 saturated carbocycles. The molecule has 5 rings (SSSR count). The average Bonchev–Trinajstić information content (AvgIpc) is 3.51. The summed E-state index contributed by atoms with van der Waals surface area (Å²) >= 11 is 6.26. The van der Waals surface area contributed by atoms with Gasteiger partial charge in [-0.1, -0.05) is 17.7 Å².